The van der Waals surface area contributed by atoms with E-state index in [1.165, 1.54) is 5.57 Å². The molecule has 0 radical (unpaired) electrons. The average molecular weight is 479 g/mol. The fourth-order valence-electron chi connectivity index (χ4n) is 8.68. The minimum atomic E-state index is -1.29. The first-order valence-corrected chi connectivity index (χ1v) is 13.2. The first-order chi connectivity index (χ1) is 15.9. The Morgan fingerprint density at radius 1 is 1.03 bits per heavy atom. The van der Waals surface area contributed by atoms with Gasteiger partial charge >= 0.3 is 0 Å². The van der Waals surface area contributed by atoms with Gasteiger partial charge in [0.2, 0.25) is 0 Å². The number of allylic oxidation sites excluding steroid dienone is 1. The number of ketones is 1. The number of fused-ring (bicyclic) bond motifs is 5. The summed E-state index contributed by atoms with van der Waals surface area (Å²) in [6.07, 6.45) is 3.60. The lowest BCUT2D eigenvalue weighted by Crippen LogP contribution is -2.61. The van der Waals surface area contributed by atoms with E-state index in [0.717, 1.165) is 44.9 Å². The van der Waals surface area contributed by atoms with Crippen molar-refractivity contribution in [1.82, 2.24) is 0 Å². The largest absolute Gasteiger partial charge is 0.389 e. The van der Waals surface area contributed by atoms with E-state index in [2.05, 4.69) is 19.9 Å². The molecule has 4 N–H and O–H groups in total. The maximum atomic E-state index is 12.4. The lowest BCUT2D eigenvalue weighted by atomic mass is 9.45. The van der Waals surface area contributed by atoms with Crippen molar-refractivity contribution in [2.24, 2.45) is 28.6 Å². The molecule has 3 saturated carbocycles. The van der Waals surface area contributed by atoms with Crippen LogP contribution in [0.25, 0.3) is 0 Å². The molecule has 5 aliphatic rings. The van der Waals surface area contributed by atoms with Crippen LogP contribution in [0.3, 0.4) is 0 Å². The molecule has 0 aromatic rings. The van der Waals surface area contributed by atoms with Crippen LogP contribution in [0.15, 0.2) is 11.6 Å². The van der Waals surface area contributed by atoms with Gasteiger partial charge in [-0.2, -0.15) is 0 Å². The van der Waals surface area contributed by atoms with Crippen LogP contribution < -0.4 is 0 Å². The molecule has 34 heavy (non-hydrogen) atoms. The van der Waals surface area contributed by atoms with Crippen LogP contribution in [0.2, 0.25) is 0 Å². The third-order valence-corrected chi connectivity index (χ3v) is 10.9. The van der Waals surface area contributed by atoms with E-state index < -0.39 is 36.3 Å². The predicted octanol–water partition coefficient (Wildman–Crippen LogP) is 2.48. The van der Waals surface area contributed by atoms with Crippen molar-refractivity contribution in [2.45, 2.75) is 121 Å². The molecular formula is C27H42O7. The molecule has 0 bridgehead atoms. The Morgan fingerprint density at radius 2 is 1.76 bits per heavy atom. The Kier molecular flexibility index (Phi) is 6.10. The summed E-state index contributed by atoms with van der Waals surface area (Å²) in [4.78, 5) is 12.4. The third-order valence-electron chi connectivity index (χ3n) is 10.9. The summed E-state index contributed by atoms with van der Waals surface area (Å²) in [5.41, 5.74) is 0.219. The average Bonchev–Trinajstić information content (AvgIpc) is 3.07. The van der Waals surface area contributed by atoms with Gasteiger partial charge in [-0.1, -0.05) is 25.5 Å². The van der Waals surface area contributed by atoms with Gasteiger partial charge in [0.25, 0.3) is 0 Å². The minimum absolute atomic E-state index is 0.0107. The molecule has 0 unspecified atom stereocenters. The number of ether oxygens (including phenoxy) is 2. The maximum absolute atomic E-state index is 12.4. The molecule has 0 spiro atoms. The summed E-state index contributed by atoms with van der Waals surface area (Å²) in [7, 11) is 0. The second-order valence-corrected chi connectivity index (χ2v) is 12.4. The van der Waals surface area contributed by atoms with Gasteiger partial charge in [-0.3, -0.25) is 4.79 Å². The number of rotatable bonds is 3. The summed E-state index contributed by atoms with van der Waals surface area (Å²) in [6, 6.07) is 0. The van der Waals surface area contributed by atoms with E-state index in [0.29, 0.717) is 12.3 Å². The second kappa shape index (κ2) is 8.35. The molecule has 1 saturated heterocycles. The lowest BCUT2D eigenvalue weighted by Gasteiger charge is -2.61. The highest BCUT2D eigenvalue weighted by molar-refractivity contribution is 5.80. The number of carbonyl (C=O) groups excluding carboxylic acids is 1. The van der Waals surface area contributed by atoms with Crippen molar-refractivity contribution in [3.63, 3.8) is 0 Å². The Labute approximate surface area is 202 Å². The van der Waals surface area contributed by atoms with E-state index in [9.17, 15) is 25.2 Å². The van der Waals surface area contributed by atoms with Gasteiger partial charge in [0.15, 0.2) is 6.29 Å². The molecule has 0 aromatic heterocycles. The Bertz CT molecular complexity index is 858. The molecule has 1 aliphatic heterocycles. The van der Waals surface area contributed by atoms with E-state index in [1.54, 1.807) is 13.8 Å². The molecule has 4 aliphatic carbocycles. The fraction of sp³-hybridized carbons (Fsp3) is 0.889. The van der Waals surface area contributed by atoms with Crippen LogP contribution in [0, 0.1) is 28.6 Å². The SMILES string of the molecule is CC(=O)[C@H]1CC[C@]2(O)[C@@H]3CC=C4C[C@@H](O[C@@H]5O[C@@H](C)[C@@H](O)[C@@H](O)[C@@H]5O)CC[C@]4(C)[C@H]3CC[C@]12C. The molecule has 12 atom stereocenters. The van der Waals surface area contributed by atoms with Crippen LogP contribution >= 0.6 is 0 Å². The summed E-state index contributed by atoms with van der Waals surface area (Å²) in [5, 5.41) is 42.5. The lowest BCUT2D eigenvalue weighted by molar-refractivity contribution is -0.306. The van der Waals surface area contributed by atoms with Crippen molar-refractivity contribution >= 4 is 5.78 Å². The van der Waals surface area contributed by atoms with Crippen molar-refractivity contribution < 1.29 is 34.7 Å². The zero-order chi connectivity index (χ0) is 24.6. The van der Waals surface area contributed by atoms with Gasteiger partial charge in [0.1, 0.15) is 24.1 Å². The van der Waals surface area contributed by atoms with E-state index in [4.69, 9.17) is 9.47 Å². The monoisotopic (exact) mass is 478 g/mol. The van der Waals surface area contributed by atoms with Gasteiger partial charge in [-0.05, 0) is 82.5 Å². The highest BCUT2D eigenvalue weighted by Crippen LogP contribution is 2.68. The van der Waals surface area contributed by atoms with Crippen molar-refractivity contribution in [3.8, 4) is 0 Å². The quantitative estimate of drug-likeness (QED) is 0.461. The Balaban J connectivity index is 1.33. The fourth-order valence-corrected chi connectivity index (χ4v) is 8.68. The molecule has 0 amide bonds. The van der Waals surface area contributed by atoms with Gasteiger partial charge in [-0.15, -0.1) is 0 Å². The predicted molar refractivity (Wildman–Crippen MR) is 125 cm³/mol. The summed E-state index contributed by atoms with van der Waals surface area (Å²) < 4.78 is 11.8. The van der Waals surface area contributed by atoms with Gasteiger partial charge in [-0.25, -0.2) is 0 Å². The molecule has 192 valence electrons. The topological polar surface area (TPSA) is 116 Å². The number of Topliss-reactive ketones (excluding diaryl/α,β-unsaturated/α-hetero) is 1. The van der Waals surface area contributed by atoms with Crippen molar-refractivity contribution in [2.75, 3.05) is 0 Å². The number of aliphatic hydroxyl groups is 4. The first-order valence-electron chi connectivity index (χ1n) is 13.2. The van der Waals surface area contributed by atoms with Crippen LogP contribution in [0.1, 0.15) is 79.1 Å². The smallest absolute Gasteiger partial charge is 0.186 e. The molecule has 5 rings (SSSR count). The molecule has 0 aromatic carbocycles. The maximum Gasteiger partial charge on any atom is 0.186 e. The normalized spacial score (nSPS) is 55.1. The zero-order valence-electron chi connectivity index (χ0n) is 20.9. The first kappa shape index (κ1) is 24.8. The number of hydrogen-bond acceptors (Lipinski definition) is 7. The van der Waals surface area contributed by atoms with E-state index in [-0.39, 0.29) is 34.6 Å². The van der Waals surface area contributed by atoms with Crippen LogP contribution in [0.5, 0.6) is 0 Å². The van der Waals surface area contributed by atoms with Crippen LogP contribution in [-0.2, 0) is 14.3 Å². The standard InChI is InChI=1S/C27H42O7/c1-14(28)18-9-12-27(32)20-6-5-16-13-17(34-24-23(31)22(30)21(29)15(2)33-24)7-10-25(16,3)19(20)8-11-26(18,27)4/h5,15,17-24,29-32H,6-13H2,1-4H3/t15-,17-,18+,19-,20+,21+,22+,23-,24-,25-,26+,27-/m0/s1. The van der Waals surface area contributed by atoms with Crippen molar-refractivity contribution in [1.29, 1.82) is 0 Å². The summed E-state index contributed by atoms with van der Waals surface area (Å²) >= 11 is 0. The number of carbonyl (C=O) groups is 1. The summed E-state index contributed by atoms with van der Waals surface area (Å²) in [6.45, 7) is 7.83. The van der Waals surface area contributed by atoms with E-state index in [1.807, 2.05) is 0 Å². The van der Waals surface area contributed by atoms with Crippen molar-refractivity contribution in [3.05, 3.63) is 11.6 Å². The Morgan fingerprint density at radius 3 is 2.47 bits per heavy atom. The molecule has 7 heteroatoms. The highest BCUT2D eigenvalue weighted by atomic mass is 16.7. The molecular weight excluding hydrogens is 436 g/mol. The molecule has 4 fully saturated rings. The Hall–Kier alpha value is -0.830. The van der Waals surface area contributed by atoms with Gasteiger partial charge in [0.05, 0.1) is 17.8 Å². The minimum Gasteiger partial charge on any atom is -0.389 e. The van der Waals surface area contributed by atoms with Gasteiger partial charge < -0.3 is 29.9 Å². The molecule has 7 nitrogen and oxygen atoms in total. The summed E-state index contributed by atoms with van der Waals surface area (Å²) in [5.74, 6) is 0.722. The van der Waals surface area contributed by atoms with Gasteiger partial charge in [0, 0.05) is 11.3 Å². The number of hydrogen-bond donors (Lipinski definition) is 4. The van der Waals surface area contributed by atoms with Crippen LogP contribution in [0.4, 0.5) is 0 Å². The number of aliphatic hydroxyl groups excluding tert-OH is 3. The molecule has 1 heterocycles. The highest BCUT2D eigenvalue weighted by Gasteiger charge is 2.67. The second-order valence-electron chi connectivity index (χ2n) is 12.4. The van der Waals surface area contributed by atoms with E-state index >= 15 is 0 Å². The van der Waals surface area contributed by atoms with Crippen LogP contribution in [-0.4, -0.2) is 68.6 Å². The zero-order valence-corrected chi connectivity index (χ0v) is 20.9. The third kappa shape index (κ3) is 3.41.